The second-order valence-corrected chi connectivity index (χ2v) is 23.6. The Labute approximate surface area is 499 Å². The Kier molecular flexibility index (Phi) is 57.0. The van der Waals surface area contributed by atoms with Gasteiger partial charge in [-0.3, -0.25) is 4.79 Å². The van der Waals surface area contributed by atoms with Crippen LogP contribution in [0.2, 0.25) is 0 Å². The molecule has 0 saturated carbocycles. The van der Waals surface area contributed by atoms with E-state index in [9.17, 15) is 30.3 Å². The number of nitrogens with one attached hydrogen (secondary N) is 1. The zero-order chi connectivity index (χ0) is 58.6. The highest BCUT2D eigenvalue weighted by Crippen LogP contribution is 2.23. The van der Waals surface area contributed by atoms with E-state index in [1.807, 2.05) is 6.08 Å². The van der Waals surface area contributed by atoms with Crippen molar-refractivity contribution in [2.75, 3.05) is 13.2 Å². The number of allylic oxidation sites excluding steroid dienone is 13. The normalized spacial score (nSPS) is 18.9. The molecule has 1 fully saturated rings. The van der Waals surface area contributed by atoms with Crippen molar-refractivity contribution < 1.29 is 39.8 Å². The monoisotopic (exact) mass is 1140 g/mol. The summed E-state index contributed by atoms with van der Waals surface area (Å²) >= 11 is 0. The number of amides is 1. The molecule has 0 aromatic heterocycles. The first kappa shape index (κ1) is 76.4. The molecule has 1 amide bonds. The average molecular weight is 1140 g/mol. The van der Waals surface area contributed by atoms with Crippen LogP contribution >= 0.6 is 0 Å². The molecule has 9 nitrogen and oxygen atoms in total. The van der Waals surface area contributed by atoms with Crippen molar-refractivity contribution in [2.24, 2.45) is 0 Å². The lowest BCUT2D eigenvalue weighted by molar-refractivity contribution is -0.302. The summed E-state index contributed by atoms with van der Waals surface area (Å²) in [5.74, 6) is -0.190. The van der Waals surface area contributed by atoms with Gasteiger partial charge in [-0.2, -0.15) is 0 Å². The minimum absolute atomic E-state index is 0.190. The number of carbonyl (C=O) groups excluding carboxylic acids is 1. The minimum atomic E-state index is -1.58. The van der Waals surface area contributed by atoms with Gasteiger partial charge in [0.25, 0.3) is 0 Å². The number of ether oxygens (including phenoxy) is 2. The Bertz CT molecular complexity index is 1550. The first-order valence-electron chi connectivity index (χ1n) is 34.3. The van der Waals surface area contributed by atoms with Crippen molar-refractivity contribution in [3.8, 4) is 0 Å². The number of unbranched alkanes of at least 4 members (excludes halogenated alkanes) is 37. The van der Waals surface area contributed by atoms with Crippen molar-refractivity contribution in [1.82, 2.24) is 5.32 Å². The maximum absolute atomic E-state index is 13.1. The molecule has 0 radical (unpaired) electrons. The summed E-state index contributed by atoms with van der Waals surface area (Å²) < 4.78 is 11.3. The van der Waals surface area contributed by atoms with E-state index in [0.717, 1.165) is 70.6 Å². The zero-order valence-electron chi connectivity index (χ0n) is 52.5. The zero-order valence-corrected chi connectivity index (χ0v) is 52.5. The Hall–Kier alpha value is -2.63. The summed E-state index contributed by atoms with van der Waals surface area (Å²) in [6.07, 6.45) is 79.7. The fourth-order valence-corrected chi connectivity index (χ4v) is 10.6. The summed E-state index contributed by atoms with van der Waals surface area (Å²) in [5, 5.41) is 54.7. The van der Waals surface area contributed by atoms with E-state index in [0.29, 0.717) is 6.42 Å². The number of aliphatic hydroxyl groups is 5. The van der Waals surface area contributed by atoms with Gasteiger partial charge in [0, 0.05) is 6.42 Å². The van der Waals surface area contributed by atoms with Gasteiger partial charge in [-0.15, -0.1) is 0 Å². The van der Waals surface area contributed by atoms with Gasteiger partial charge in [0.05, 0.1) is 25.4 Å². The SMILES string of the molecule is CC/C=C\C/C=C\C/C=C\C/C=C\CCCCCCCCCCCCCCCCCCC(=O)NC(COC1OC(CO)C(O)C(O)C1O)C(O)/C=C/CC/C=C/CC/C=C/CCCCCCCCCCCCCCCCCCCCC. The third-order valence-corrected chi connectivity index (χ3v) is 15.9. The van der Waals surface area contributed by atoms with E-state index in [2.05, 4.69) is 92.1 Å². The van der Waals surface area contributed by atoms with E-state index in [1.54, 1.807) is 6.08 Å². The molecule has 0 bridgehead atoms. The van der Waals surface area contributed by atoms with Crippen LogP contribution in [0.15, 0.2) is 85.1 Å². The molecule has 9 heteroatoms. The largest absolute Gasteiger partial charge is 0.394 e. The summed E-state index contributed by atoms with van der Waals surface area (Å²) in [7, 11) is 0. The molecule has 6 N–H and O–H groups in total. The fourth-order valence-electron chi connectivity index (χ4n) is 10.6. The van der Waals surface area contributed by atoms with Gasteiger partial charge in [-0.25, -0.2) is 0 Å². The van der Waals surface area contributed by atoms with E-state index >= 15 is 0 Å². The van der Waals surface area contributed by atoms with Crippen LogP contribution in [0.3, 0.4) is 0 Å². The number of hydrogen-bond donors (Lipinski definition) is 6. The lowest BCUT2D eigenvalue weighted by Crippen LogP contribution is -2.60. The standard InChI is InChI=1S/C72H129NO8/c1-3-5-7-9-11-13-15-17-19-21-23-25-27-29-31-33-35-37-39-41-43-45-47-49-51-53-55-57-59-61-66(75)65(64-80-72-71(79)70(78)69(77)67(63-74)81-72)73-68(76)62-60-58-56-54-52-50-48-46-44-42-40-38-36-34-32-30-28-26-24-22-20-18-16-14-12-10-8-6-4-2/h6,8,12,14,18,20,24,26,43,45,51,53,59,61,65-67,69-72,74-75,77-79H,3-5,7,9-11,13,15-17,19,21-23,25,27-42,44,46-50,52,54-58,60,62-64H2,1-2H3,(H,73,76)/b8-6-,14-12-,20-18-,26-24-,45-43+,53-51+,61-59+. The van der Waals surface area contributed by atoms with Crippen LogP contribution in [-0.4, -0.2) is 87.5 Å². The highest BCUT2D eigenvalue weighted by Gasteiger charge is 2.44. The van der Waals surface area contributed by atoms with Crippen molar-refractivity contribution >= 4 is 5.91 Å². The van der Waals surface area contributed by atoms with Crippen molar-refractivity contribution in [3.05, 3.63) is 85.1 Å². The fraction of sp³-hybridized carbons (Fsp3) is 0.792. The van der Waals surface area contributed by atoms with Gasteiger partial charge in [-0.1, -0.05) is 304 Å². The molecule has 0 aliphatic carbocycles. The molecule has 0 aromatic rings. The van der Waals surface area contributed by atoms with Crippen LogP contribution in [0.1, 0.15) is 309 Å². The molecule has 0 aromatic carbocycles. The number of rotatable bonds is 59. The second-order valence-electron chi connectivity index (χ2n) is 23.6. The van der Waals surface area contributed by atoms with Crippen LogP contribution < -0.4 is 5.32 Å². The van der Waals surface area contributed by atoms with Crippen LogP contribution in [0, 0.1) is 0 Å². The molecule has 1 heterocycles. The van der Waals surface area contributed by atoms with E-state index in [-0.39, 0.29) is 12.5 Å². The van der Waals surface area contributed by atoms with Gasteiger partial charge in [0.2, 0.25) is 5.91 Å². The summed E-state index contributed by atoms with van der Waals surface area (Å²) in [4.78, 5) is 13.1. The van der Waals surface area contributed by atoms with Crippen molar-refractivity contribution in [2.45, 2.75) is 352 Å². The molecule has 470 valence electrons. The molecule has 1 rings (SSSR count). The molecule has 7 atom stereocenters. The Morgan fingerprint density at radius 1 is 0.432 bits per heavy atom. The number of carbonyl (C=O) groups is 1. The molecular formula is C72H129NO8. The van der Waals surface area contributed by atoms with Crippen LogP contribution in [0.4, 0.5) is 0 Å². The van der Waals surface area contributed by atoms with Crippen LogP contribution in [0.25, 0.3) is 0 Å². The Balaban J connectivity index is 2.18. The predicted molar refractivity (Wildman–Crippen MR) is 345 cm³/mol. The maximum Gasteiger partial charge on any atom is 0.220 e. The highest BCUT2D eigenvalue weighted by molar-refractivity contribution is 5.76. The maximum atomic E-state index is 13.1. The van der Waals surface area contributed by atoms with E-state index in [4.69, 9.17) is 9.47 Å². The molecule has 1 saturated heterocycles. The smallest absolute Gasteiger partial charge is 0.220 e. The molecular weight excluding hydrogens is 1010 g/mol. The first-order valence-corrected chi connectivity index (χ1v) is 34.3. The average Bonchev–Trinajstić information content (AvgIpc) is 3.51. The van der Waals surface area contributed by atoms with Crippen molar-refractivity contribution in [1.29, 1.82) is 0 Å². The van der Waals surface area contributed by atoms with E-state index < -0.39 is 49.5 Å². The third-order valence-electron chi connectivity index (χ3n) is 15.9. The van der Waals surface area contributed by atoms with Gasteiger partial charge < -0.3 is 40.3 Å². The molecule has 0 spiro atoms. The quantitative estimate of drug-likeness (QED) is 0.0261. The second kappa shape index (κ2) is 60.5. The molecule has 81 heavy (non-hydrogen) atoms. The molecule has 7 unspecified atom stereocenters. The molecule has 1 aliphatic rings. The topological polar surface area (TPSA) is 149 Å². The highest BCUT2D eigenvalue weighted by atomic mass is 16.7. The lowest BCUT2D eigenvalue weighted by atomic mass is 9.99. The summed E-state index contributed by atoms with van der Waals surface area (Å²) in [6.45, 7) is 3.68. The number of hydrogen-bond acceptors (Lipinski definition) is 8. The van der Waals surface area contributed by atoms with Gasteiger partial charge in [0.15, 0.2) is 6.29 Å². The molecule has 1 aliphatic heterocycles. The summed E-state index contributed by atoms with van der Waals surface area (Å²) in [6, 6.07) is -0.834. The number of aliphatic hydroxyl groups excluding tert-OH is 5. The van der Waals surface area contributed by atoms with Crippen molar-refractivity contribution in [3.63, 3.8) is 0 Å². The van der Waals surface area contributed by atoms with Gasteiger partial charge in [-0.05, 0) is 83.5 Å². The predicted octanol–water partition coefficient (Wildman–Crippen LogP) is 18.5. The first-order chi connectivity index (χ1) is 39.8. The lowest BCUT2D eigenvalue weighted by Gasteiger charge is -2.40. The minimum Gasteiger partial charge on any atom is -0.394 e. The van der Waals surface area contributed by atoms with Crippen LogP contribution in [-0.2, 0) is 14.3 Å². The third kappa shape index (κ3) is 49.4. The van der Waals surface area contributed by atoms with E-state index in [1.165, 1.54) is 218 Å². The van der Waals surface area contributed by atoms with Crippen LogP contribution in [0.5, 0.6) is 0 Å². The Morgan fingerprint density at radius 2 is 0.778 bits per heavy atom. The van der Waals surface area contributed by atoms with Gasteiger partial charge >= 0.3 is 0 Å². The Morgan fingerprint density at radius 3 is 1.19 bits per heavy atom. The van der Waals surface area contributed by atoms with Gasteiger partial charge in [0.1, 0.15) is 24.4 Å². The summed E-state index contributed by atoms with van der Waals surface area (Å²) in [5.41, 5.74) is 0.